The number of nitrogens with zero attached hydrogens (tertiary/aromatic N) is 2. The number of benzene rings is 3. The Balaban J connectivity index is 2.09. The second-order valence-electron chi connectivity index (χ2n) is 10.5. The Hall–Kier alpha value is -3.65. The van der Waals surface area contributed by atoms with Crippen LogP contribution in [-0.4, -0.2) is 50.0 Å². The van der Waals surface area contributed by atoms with Crippen LogP contribution in [0.3, 0.4) is 0 Å². The maximum atomic E-state index is 14.2. The Morgan fingerprint density at radius 2 is 1.45 bits per heavy atom. The van der Waals surface area contributed by atoms with Crippen molar-refractivity contribution in [1.29, 1.82) is 0 Å². The molecule has 0 bridgehead atoms. The Kier molecular flexibility index (Phi) is 10.5. The van der Waals surface area contributed by atoms with Gasteiger partial charge in [0, 0.05) is 19.0 Å². The Morgan fingerprint density at radius 1 is 0.850 bits per heavy atom. The number of carbonyl (C=O) groups excluding carboxylic acids is 2. The molecule has 214 valence electrons. The average molecular weight is 564 g/mol. The van der Waals surface area contributed by atoms with Crippen LogP contribution in [0.5, 0.6) is 0 Å². The first-order valence-electron chi connectivity index (χ1n) is 13.6. The summed E-state index contributed by atoms with van der Waals surface area (Å²) in [7, 11) is -3.81. The van der Waals surface area contributed by atoms with E-state index in [9.17, 15) is 18.0 Å². The number of hydrogen-bond donors (Lipinski definition) is 1. The van der Waals surface area contributed by atoms with Crippen molar-refractivity contribution >= 4 is 27.5 Å². The molecule has 3 aromatic rings. The first-order chi connectivity index (χ1) is 18.9. The molecule has 0 unspecified atom stereocenters. The van der Waals surface area contributed by atoms with E-state index < -0.39 is 28.5 Å². The van der Waals surface area contributed by atoms with Gasteiger partial charge in [-0.3, -0.25) is 13.9 Å². The Bertz CT molecular complexity index is 1390. The molecule has 7 nitrogen and oxygen atoms in total. The van der Waals surface area contributed by atoms with Crippen LogP contribution in [0.1, 0.15) is 48.1 Å². The largest absolute Gasteiger partial charge is 0.352 e. The minimum Gasteiger partial charge on any atom is -0.352 e. The van der Waals surface area contributed by atoms with E-state index in [0.29, 0.717) is 12.1 Å². The highest BCUT2D eigenvalue weighted by atomic mass is 32.2. The van der Waals surface area contributed by atoms with Gasteiger partial charge in [-0.25, -0.2) is 8.42 Å². The molecule has 40 heavy (non-hydrogen) atoms. The minimum absolute atomic E-state index is 0.0794. The summed E-state index contributed by atoms with van der Waals surface area (Å²) in [6, 6.07) is 21.9. The molecule has 3 aromatic carbocycles. The summed E-state index contributed by atoms with van der Waals surface area (Å²) >= 11 is 0. The van der Waals surface area contributed by atoms with Crippen molar-refractivity contribution in [3.05, 3.63) is 101 Å². The predicted molar refractivity (Wildman–Crippen MR) is 162 cm³/mol. The monoisotopic (exact) mass is 563 g/mol. The standard InChI is InChI=1S/C32H41N3O4S/c1-7-26(5)33-32(37)29(20-27-14-9-8-10-15-27)34(21-28-18-16-23(2)17-19-28)30(36)22-35(40(6,38)39)31-24(3)12-11-13-25(31)4/h8-19,26,29H,7,20-22H2,1-6H3,(H,33,37)/t26-,29-/m0/s1. The van der Waals surface area contributed by atoms with Crippen LogP contribution in [0.15, 0.2) is 72.8 Å². The number of amides is 2. The molecule has 0 aliphatic rings. The van der Waals surface area contributed by atoms with Gasteiger partial charge in [0.2, 0.25) is 21.8 Å². The molecular weight excluding hydrogens is 522 g/mol. The van der Waals surface area contributed by atoms with Crippen LogP contribution in [0.2, 0.25) is 0 Å². The van der Waals surface area contributed by atoms with Crippen molar-refractivity contribution in [1.82, 2.24) is 10.2 Å². The zero-order valence-electron chi connectivity index (χ0n) is 24.3. The summed E-state index contributed by atoms with van der Waals surface area (Å²) in [4.78, 5) is 29.5. The minimum atomic E-state index is -3.81. The third-order valence-corrected chi connectivity index (χ3v) is 8.23. The molecule has 1 N–H and O–H groups in total. The summed E-state index contributed by atoms with van der Waals surface area (Å²) in [6.07, 6.45) is 2.14. The first-order valence-corrected chi connectivity index (χ1v) is 15.5. The fraction of sp³-hybridized carbons (Fsp3) is 0.375. The zero-order chi connectivity index (χ0) is 29.4. The second kappa shape index (κ2) is 13.6. The summed E-state index contributed by atoms with van der Waals surface area (Å²) < 4.78 is 27.3. The maximum absolute atomic E-state index is 14.2. The number of para-hydroxylation sites is 1. The lowest BCUT2D eigenvalue weighted by atomic mass is 10.0. The van der Waals surface area contributed by atoms with Gasteiger partial charge in [0.25, 0.3) is 0 Å². The molecule has 2 atom stereocenters. The number of sulfonamides is 1. The van der Waals surface area contributed by atoms with E-state index in [4.69, 9.17) is 0 Å². The smallest absolute Gasteiger partial charge is 0.244 e. The molecule has 2 amide bonds. The number of nitrogens with one attached hydrogen (secondary N) is 1. The number of anilines is 1. The van der Waals surface area contributed by atoms with Gasteiger partial charge in [0.05, 0.1) is 11.9 Å². The van der Waals surface area contributed by atoms with Crippen LogP contribution in [0, 0.1) is 20.8 Å². The second-order valence-corrected chi connectivity index (χ2v) is 12.4. The summed E-state index contributed by atoms with van der Waals surface area (Å²) in [5.41, 5.74) is 4.82. The molecule has 0 saturated carbocycles. The lowest BCUT2D eigenvalue weighted by molar-refractivity contribution is -0.140. The molecule has 0 spiro atoms. The van der Waals surface area contributed by atoms with E-state index in [2.05, 4.69) is 5.32 Å². The average Bonchev–Trinajstić information content (AvgIpc) is 2.90. The molecule has 0 saturated heterocycles. The fourth-order valence-electron chi connectivity index (χ4n) is 4.66. The van der Waals surface area contributed by atoms with Crippen LogP contribution in [-0.2, 0) is 32.6 Å². The van der Waals surface area contributed by atoms with Crippen molar-refractivity contribution in [2.75, 3.05) is 17.1 Å². The van der Waals surface area contributed by atoms with E-state index in [0.717, 1.165) is 44.8 Å². The van der Waals surface area contributed by atoms with E-state index in [-0.39, 0.29) is 18.5 Å². The number of aryl methyl sites for hydroxylation is 3. The third kappa shape index (κ3) is 8.18. The fourth-order valence-corrected chi connectivity index (χ4v) is 5.62. The molecule has 0 aliphatic carbocycles. The number of hydrogen-bond acceptors (Lipinski definition) is 4. The van der Waals surface area contributed by atoms with Crippen molar-refractivity contribution < 1.29 is 18.0 Å². The van der Waals surface area contributed by atoms with Crippen LogP contribution in [0.25, 0.3) is 0 Å². The van der Waals surface area contributed by atoms with E-state index in [1.165, 1.54) is 4.90 Å². The van der Waals surface area contributed by atoms with Crippen LogP contribution in [0.4, 0.5) is 5.69 Å². The summed E-state index contributed by atoms with van der Waals surface area (Å²) in [5.74, 6) is -0.717. The first kappa shape index (κ1) is 30.9. The molecule has 0 heterocycles. The van der Waals surface area contributed by atoms with Gasteiger partial charge in [0.15, 0.2) is 0 Å². The quantitative estimate of drug-likeness (QED) is 0.339. The van der Waals surface area contributed by atoms with Gasteiger partial charge in [-0.05, 0) is 56.4 Å². The maximum Gasteiger partial charge on any atom is 0.244 e. The Labute approximate surface area is 239 Å². The highest BCUT2D eigenvalue weighted by Crippen LogP contribution is 2.27. The molecular formula is C32H41N3O4S. The molecule has 8 heteroatoms. The highest BCUT2D eigenvalue weighted by Gasteiger charge is 2.34. The van der Waals surface area contributed by atoms with E-state index >= 15 is 0 Å². The lowest BCUT2D eigenvalue weighted by Crippen LogP contribution is -2.54. The van der Waals surface area contributed by atoms with Gasteiger partial charge in [-0.15, -0.1) is 0 Å². The molecule has 0 aromatic heterocycles. The van der Waals surface area contributed by atoms with Gasteiger partial charge < -0.3 is 10.2 Å². The van der Waals surface area contributed by atoms with Crippen molar-refractivity contribution in [3.63, 3.8) is 0 Å². The molecule has 0 radical (unpaired) electrons. The Morgan fingerprint density at radius 3 is 2.00 bits per heavy atom. The van der Waals surface area contributed by atoms with Gasteiger partial charge in [0.1, 0.15) is 12.6 Å². The lowest BCUT2D eigenvalue weighted by Gasteiger charge is -2.34. The van der Waals surface area contributed by atoms with Gasteiger partial charge >= 0.3 is 0 Å². The van der Waals surface area contributed by atoms with Gasteiger partial charge in [-0.1, -0.05) is 85.3 Å². The van der Waals surface area contributed by atoms with Crippen LogP contribution >= 0.6 is 0 Å². The van der Waals surface area contributed by atoms with Gasteiger partial charge in [-0.2, -0.15) is 0 Å². The third-order valence-electron chi connectivity index (χ3n) is 7.11. The normalized spacial score (nSPS) is 12.8. The topological polar surface area (TPSA) is 86.8 Å². The molecule has 3 rings (SSSR count). The highest BCUT2D eigenvalue weighted by molar-refractivity contribution is 7.92. The number of rotatable bonds is 12. The van der Waals surface area contributed by atoms with Crippen molar-refractivity contribution in [2.24, 2.45) is 0 Å². The van der Waals surface area contributed by atoms with E-state index in [1.54, 1.807) is 0 Å². The zero-order valence-corrected chi connectivity index (χ0v) is 25.2. The van der Waals surface area contributed by atoms with Crippen LogP contribution < -0.4 is 9.62 Å². The number of carbonyl (C=O) groups is 2. The summed E-state index contributed by atoms with van der Waals surface area (Å²) in [5, 5.41) is 3.05. The van der Waals surface area contributed by atoms with Crippen molar-refractivity contribution in [2.45, 2.75) is 66.1 Å². The predicted octanol–water partition coefficient (Wildman–Crippen LogP) is 4.93. The molecule has 0 aliphatic heterocycles. The van der Waals surface area contributed by atoms with E-state index in [1.807, 2.05) is 107 Å². The molecule has 0 fully saturated rings. The summed E-state index contributed by atoms with van der Waals surface area (Å²) in [6.45, 7) is 9.29. The SMILES string of the molecule is CC[C@H](C)NC(=O)[C@H](Cc1ccccc1)N(Cc1ccc(C)cc1)C(=O)CN(c1c(C)cccc1C)S(C)(=O)=O. The van der Waals surface area contributed by atoms with Crippen molar-refractivity contribution in [3.8, 4) is 0 Å².